The Kier molecular flexibility index (Phi) is 6.11. The quantitative estimate of drug-likeness (QED) is 0.401. The largest absolute Gasteiger partial charge is 0.875 e. The third-order valence-electron chi connectivity index (χ3n) is 2.03. The molecule has 0 aliphatic heterocycles. The lowest BCUT2D eigenvalue weighted by atomic mass is 10.2. The Balaban J connectivity index is 4.30. The SMILES string of the molecule is CC(=O)/C(C)=C/C=C/C=C/C(C)=C(/C)[O-]. The van der Waals surface area contributed by atoms with Gasteiger partial charge >= 0.3 is 0 Å². The zero-order chi connectivity index (χ0) is 11.8. The Morgan fingerprint density at radius 1 is 1.00 bits per heavy atom. The van der Waals surface area contributed by atoms with Gasteiger partial charge in [-0.05, 0) is 26.3 Å². The molecule has 0 radical (unpaired) electrons. The van der Waals surface area contributed by atoms with Crippen LogP contribution < -0.4 is 5.11 Å². The van der Waals surface area contributed by atoms with Crippen LogP contribution in [-0.2, 0) is 4.79 Å². The van der Waals surface area contributed by atoms with E-state index in [4.69, 9.17) is 0 Å². The number of ketones is 1. The van der Waals surface area contributed by atoms with Crippen molar-refractivity contribution < 1.29 is 9.90 Å². The van der Waals surface area contributed by atoms with Crippen LogP contribution in [-0.4, -0.2) is 5.78 Å². The van der Waals surface area contributed by atoms with Crippen molar-refractivity contribution in [3.05, 3.63) is 47.3 Å². The van der Waals surface area contributed by atoms with E-state index in [1.54, 1.807) is 44.2 Å². The van der Waals surface area contributed by atoms with E-state index in [1.165, 1.54) is 13.8 Å². The van der Waals surface area contributed by atoms with Gasteiger partial charge in [-0.25, -0.2) is 0 Å². The van der Waals surface area contributed by atoms with Crippen molar-refractivity contribution in [1.29, 1.82) is 0 Å². The van der Waals surface area contributed by atoms with Crippen LogP contribution in [0.4, 0.5) is 0 Å². The standard InChI is InChI=1S/C13H18O2/c1-10(12(3)14)8-6-5-7-9-11(2)13(4)15/h5-9,14H,1-4H3/p-1/b7-5+,8-6+,11-9+,12-10-. The van der Waals surface area contributed by atoms with Crippen LogP contribution >= 0.6 is 0 Å². The molecule has 0 bridgehead atoms. The highest BCUT2D eigenvalue weighted by Crippen LogP contribution is 1.99. The summed E-state index contributed by atoms with van der Waals surface area (Å²) in [5, 5.41) is 10.8. The van der Waals surface area contributed by atoms with Crippen molar-refractivity contribution in [3.63, 3.8) is 0 Å². The molecule has 0 N–H and O–H groups in total. The molecule has 2 heteroatoms. The third-order valence-corrected chi connectivity index (χ3v) is 2.03. The molecule has 0 rings (SSSR count). The van der Waals surface area contributed by atoms with Crippen LogP contribution in [0.2, 0.25) is 0 Å². The fraction of sp³-hybridized carbons (Fsp3) is 0.308. The van der Waals surface area contributed by atoms with E-state index in [2.05, 4.69) is 0 Å². The van der Waals surface area contributed by atoms with Gasteiger partial charge in [0, 0.05) is 0 Å². The summed E-state index contributed by atoms with van der Waals surface area (Å²) < 4.78 is 0. The molecule has 2 nitrogen and oxygen atoms in total. The minimum absolute atomic E-state index is 0.0649. The van der Waals surface area contributed by atoms with E-state index < -0.39 is 0 Å². The van der Waals surface area contributed by atoms with E-state index >= 15 is 0 Å². The lowest BCUT2D eigenvalue weighted by Crippen LogP contribution is -1.99. The molecule has 15 heavy (non-hydrogen) atoms. The molecule has 0 aromatic rings. The number of allylic oxidation sites excluding steroid dienone is 8. The van der Waals surface area contributed by atoms with Crippen LogP contribution in [0.3, 0.4) is 0 Å². The van der Waals surface area contributed by atoms with Gasteiger partial charge in [0.1, 0.15) is 0 Å². The Labute approximate surface area is 91.3 Å². The minimum atomic E-state index is 0.0649. The highest BCUT2D eigenvalue weighted by Gasteiger charge is 1.90. The van der Waals surface area contributed by atoms with E-state index in [1.807, 2.05) is 0 Å². The second-order valence-corrected chi connectivity index (χ2v) is 3.39. The van der Waals surface area contributed by atoms with Gasteiger partial charge in [0.15, 0.2) is 5.78 Å². The van der Waals surface area contributed by atoms with Crippen molar-refractivity contribution in [3.8, 4) is 0 Å². The second-order valence-electron chi connectivity index (χ2n) is 3.39. The molecular formula is C13H17O2-. The summed E-state index contributed by atoms with van der Waals surface area (Å²) in [5.74, 6) is 0.130. The molecule has 82 valence electrons. The maximum absolute atomic E-state index is 10.8. The molecule has 0 fully saturated rings. The van der Waals surface area contributed by atoms with Gasteiger partial charge in [0.05, 0.1) is 0 Å². The third kappa shape index (κ3) is 6.49. The number of hydrogen-bond donors (Lipinski definition) is 0. The summed E-state index contributed by atoms with van der Waals surface area (Å²) in [6.45, 7) is 6.60. The van der Waals surface area contributed by atoms with Crippen LogP contribution in [0.15, 0.2) is 47.3 Å². The summed E-state index contributed by atoms with van der Waals surface area (Å²) in [4.78, 5) is 10.8. The van der Waals surface area contributed by atoms with E-state index in [0.29, 0.717) is 11.1 Å². The second kappa shape index (κ2) is 6.82. The van der Waals surface area contributed by atoms with Gasteiger partial charge in [-0.2, -0.15) is 0 Å². The van der Waals surface area contributed by atoms with Crippen molar-refractivity contribution in [2.24, 2.45) is 0 Å². The summed E-state index contributed by atoms with van der Waals surface area (Å²) in [6, 6.07) is 0. The van der Waals surface area contributed by atoms with Gasteiger partial charge < -0.3 is 5.11 Å². The molecule has 0 heterocycles. The topological polar surface area (TPSA) is 40.1 Å². The molecule has 0 aromatic carbocycles. The molecule has 0 unspecified atom stereocenters. The molecule has 0 aromatic heterocycles. The smallest absolute Gasteiger partial charge is 0.155 e. The Hall–Kier alpha value is -1.57. The van der Waals surface area contributed by atoms with E-state index in [0.717, 1.165) is 0 Å². The number of hydrogen-bond acceptors (Lipinski definition) is 2. The molecule has 0 aliphatic rings. The van der Waals surface area contributed by atoms with Crippen LogP contribution in [0.25, 0.3) is 0 Å². The van der Waals surface area contributed by atoms with E-state index in [9.17, 15) is 9.90 Å². The highest BCUT2D eigenvalue weighted by atomic mass is 16.3. The summed E-state index contributed by atoms with van der Waals surface area (Å²) in [5.41, 5.74) is 1.43. The van der Waals surface area contributed by atoms with Crippen molar-refractivity contribution in [1.82, 2.24) is 0 Å². The van der Waals surface area contributed by atoms with Crippen LogP contribution in [0.1, 0.15) is 27.7 Å². The first-order chi connectivity index (χ1) is 6.95. The Morgan fingerprint density at radius 3 is 2.07 bits per heavy atom. The molecule has 0 saturated heterocycles. The monoisotopic (exact) mass is 205 g/mol. The normalized spacial score (nSPS) is 14.8. The maximum atomic E-state index is 10.8. The Morgan fingerprint density at radius 2 is 1.60 bits per heavy atom. The molecule has 0 saturated carbocycles. The summed E-state index contributed by atoms with van der Waals surface area (Å²) in [7, 11) is 0. The predicted octanol–water partition coefficient (Wildman–Crippen LogP) is 2.29. The fourth-order valence-electron chi connectivity index (χ4n) is 0.699. The highest BCUT2D eigenvalue weighted by molar-refractivity contribution is 5.92. The summed E-state index contributed by atoms with van der Waals surface area (Å²) in [6.07, 6.45) is 8.84. The van der Waals surface area contributed by atoms with Crippen molar-refractivity contribution in [2.75, 3.05) is 0 Å². The number of rotatable bonds is 4. The minimum Gasteiger partial charge on any atom is -0.875 e. The van der Waals surface area contributed by atoms with Gasteiger partial charge in [0.25, 0.3) is 0 Å². The fourth-order valence-corrected chi connectivity index (χ4v) is 0.699. The first-order valence-corrected chi connectivity index (χ1v) is 4.82. The molecule has 0 amide bonds. The number of carbonyl (C=O) groups is 1. The molecular weight excluding hydrogens is 188 g/mol. The average molecular weight is 205 g/mol. The lowest BCUT2D eigenvalue weighted by molar-refractivity contribution is -0.303. The maximum Gasteiger partial charge on any atom is 0.155 e. The zero-order valence-electron chi connectivity index (χ0n) is 9.70. The van der Waals surface area contributed by atoms with Crippen molar-refractivity contribution >= 4 is 5.78 Å². The van der Waals surface area contributed by atoms with Crippen LogP contribution in [0, 0.1) is 0 Å². The van der Waals surface area contributed by atoms with Gasteiger partial charge in [-0.3, -0.25) is 4.79 Å². The predicted molar refractivity (Wildman–Crippen MR) is 61.1 cm³/mol. The Bertz CT molecular complexity index is 338. The van der Waals surface area contributed by atoms with Gasteiger partial charge in [-0.1, -0.05) is 42.9 Å². The molecule has 0 aliphatic carbocycles. The zero-order valence-corrected chi connectivity index (χ0v) is 9.70. The summed E-state index contributed by atoms with van der Waals surface area (Å²) >= 11 is 0. The van der Waals surface area contributed by atoms with Gasteiger partial charge in [-0.15, -0.1) is 5.76 Å². The first kappa shape index (κ1) is 13.4. The van der Waals surface area contributed by atoms with E-state index in [-0.39, 0.29) is 11.5 Å². The average Bonchev–Trinajstić information content (AvgIpc) is 2.16. The molecule has 0 spiro atoms. The number of carbonyl (C=O) groups excluding carboxylic acids is 1. The number of Topliss-reactive ketones (excluding diaryl/α,β-unsaturated/α-hetero) is 1. The molecule has 0 atom stereocenters. The van der Waals surface area contributed by atoms with Crippen LogP contribution in [0.5, 0.6) is 0 Å². The van der Waals surface area contributed by atoms with Crippen molar-refractivity contribution in [2.45, 2.75) is 27.7 Å². The van der Waals surface area contributed by atoms with Gasteiger partial charge in [0.2, 0.25) is 0 Å². The lowest BCUT2D eigenvalue weighted by Gasteiger charge is -2.05. The first-order valence-electron chi connectivity index (χ1n) is 4.82.